The van der Waals surface area contributed by atoms with Gasteiger partial charge in [0.15, 0.2) is 0 Å². The van der Waals surface area contributed by atoms with E-state index in [0.29, 0.717) is 19.4 Å². The number of aliphatic hydroxyl groups is 1. The van der Waals surface area contributed by atoms with E-state index in [0.717, 1.165) is 0 Å². The molecule has 0 rings (SSSR count). The smallest absolute Gasteiger partial charge is 0.330 e. The van der Waals surface area contributed by atoms with E-state index < -0.39 is 7.60 Å². The van der Waals surface area contributed by atoms with Gasteiger partial charge >= 0.3 is 7.60 Å². The van der Waals surface area contributed by atoms with Gasteiger partial charge in [0.25, 0.3) is 0 Å². The Morgan fingerprint density at radius 1 is 1.14 bits per heavy atom. The fraction of sp³-hybridized carbons (Fsp3) is 1.00. The van der Waals surface area contributed by atoms with Crippen molar-refractivity contribution < 1.29 is 23.5 Å². The second-order valence-electron chi connectivity index (χ2n) is 2.51. The van der Waals surface area contributed by atoms with Gasteiger partial charge in [0.1, 0.15) is 0 Å². The van der Waals surface area contributed by atoms with Gasteiger partial charge in [-0.05, 0) is 6.92 Å². The second-order valence-corrected chi connectivity index (χ2v) is 4.88. The van der Waals surface area contributed by atoms with Gasteiger partial charge in [-0.15, -0.1) is 0 Å². The summed E-state index contributed by atoms with van der Waals surface area (Å²) in [6, 6.07) is 0. The zero-order valence-electron chi connectivity index (χ0n) is 8.77. The maximum atomic E-state index is 11.7. The fourth-order valence-electron chi connectivity index (χ4n) is 0.818. The first-order chi connectivity index (χ1) is 6.68. The summed E-state index contributed by atoms with van der Waals surface area (Å²) in [6.07, 6.45) is 0.362. The van der Waals surface area contributed by atoms with Gasteiger partial charge in [-0.2, -0.15) is 0 Å². The van der Waals surface area contributed by atoms with E-state index in [9.17, 15) is 4.57 Å². The summed E-state index contributed by atoms with van der Waals surface area (Å²) < 4.78 is 26.7. The summed E-state index contributed by atoms with van der Waals surface area (Å²) in [6.45, 7) is 4.70. The van der Waals surface area contributed by atoms with Crippen molar-refractivity contribution in [2.45, 2.75) is 13.8 Å². The predicted octanol–water partition coefficient (Wildman–Crippen LogP) is 1.26. The SMILES string of the molecule is CCOP(=O)(CC)OCCOCCO. The molecule has 0 bridgehead atoms. The highest BCUT2D eigenvalue weighted by Crippen LogP contribution is 2.47. The molecule has 0 saturated heterocycles. The monoisotopic (exact) mass is 226 g/mol. The minimum absolute atomic E-state index is 0.0170. The standard InChI is InChI=1S/C8H19O5P/c1-3-12-14(10,4-2)13-8-7-11-6-5-9/h9H,3-8H2,1-2H3. The average Bonchev–Trinajstić information content (AvgIpc) is 2.18. The van der Waals surface area contributed by atoms with Crippen molar-refractivity contribution in [2.75, 3.05) is 39.2 Å². The van der Waals surface area contributed by atoms with Crippen molar-refractivity contribution in [1.82, 2.24) is 0 Å². The molecule has 14 heavy (non-hydrogen) atoms. The number of rotatable bonds is 9. The molecule has 5 nitrogen and oxygen atoms in total. The Bertz CT molecular complexity index is 173. The van der Waals surface area contributed by atoms with Gasteiger partial charge in [-0.1, -0.05) is 6.92 Å². The lowest BCUT2D eigenvalue weighted by molar-refractivity contribution is 0.0655. The van der Waals surface area contributed by atoms with Crippen molar-refractivity contribution in [3.8, 4) is 0 Å². The van der Waals surface area contributed by atoms with E-state index in [4.69, 9.17) is 18.9 Å². The molecule has 0 amide bonds. The van der Waals surface area contributed by atoms with Crippen LogP contribution in [-0.4, -0.2) is 44.3 Å². The van der Waals surface area contributed by atoms with Crippen LogP contribution < -0.4 is 0 Å². The molecule has 0 aliphatic carbocycles. The van der Waals surface area contributed by atoms with Crippen LogP contribution in [0.25, 0.3) is 0 Å². The topological polar surface area (TPSA) is 65.0 Å². The van der Waals surface area contributed by atoms with Crippen molar-refractivity contribution in [3.05, 3.63) is 0 Å². The van der Waals surface area contributed by atoms with Crippen LogP contribution in [0.5, 0.6) is 0 Å². The molecule has 0 aromatic carbocycles. The van der Waals surface area contributed by atoms with Gasteiger partial charge in [-0.3, -0.25) is 4.57 Å². The van der Waals surface area contributed by atoms with Gasteiger partial charge in [-0.25, -0.2) is 0 Å². The van der Waals surface area contributed by atoms with Crippen molar-refractivity contribution in [2.24, 2.45) is 0 Å². The molecule has 0 radical (unpaired) electrons. The highest BCUT2D eigenvalue weighted by Gasteiger charge is 2.20. The molecule has 0 saturated carbocycles. The second kappa shape index (κ2) is 8.38. The van der Waals surface area contributed by atoms with Crippen molar-refractivity contribution in [1.29, 1.82) is 0 Å². The molecule has 1 atom stereocenters. The molecule has 0 aromatic rings. The third kappa shape index (κ3) is 6.51. The summed E-state index contributed by atoms with van der Waals surface area (Å²) in [4.78, 5) is 0. The molecule has 86 valence electrons. The summed E-state index contributed by atoms with van der Waals surface area (Å²) in [7, 11) is -2.89. The van der Waals surface area contributed by atoms with Gasteiger partial charge < -0.3 is 18.9 Å². The molecule has 0 aromatic heterocycles. The Balaban J connectivity index is 3.57. The number of ether oxygens (including phenoxy) is 1. The molecule has 0 aliphatic rings. The average molecular weight is 226 g/mol. The summed E-state index contributed by atoms with van der Waals surface area (Å²) >= 11 is 0. The lowest BCUT2D eigenvalue weighted by Gasteiger charge is -2.15. The normalized spacial score (nSPS) is 15.4. The zero-order chi connectivity index (χ0) is 10.9. The van der Waals surface area contributed by atoms with E-state index in [1.54, 1.807) is 13.8 Å². The molecule has 0 spiro atoms. The first-order valence-electron chi connectivity index (χ1n) is 4.75. The van der Waals surface area contributed by atoms with E-state index in [-0.39, 0.29) is 19.8 Å². The molecule has 1 N–H and O–H groups in total. The highest BCUT2D eigenvalue weighted by molar-refractivity contribution is 7.53. The van der Waals surface area contributed by atoms with Gasteiger partial charge in [0, 0.05) is 6.16 Å². The Hall–Kier alpha value is 0.0700. The first-order valence-corrected chi connectivity index (χ1v) is 6.48. The van der Waals surface area contributed by atoms with Crippen molar-refractivity contribution in [3.63, 3.8) is 0 Å². The van der Waals surface area contributed by atoms with E-state index >= 15 is 0 Å². The maximum absolute atomic E-state index is 11.7. The van der Waals surface area contributed by atoms with Gasteiger partial charge in [0.2, 0.25) is 0 Å². The number of hydrogen-bond acceptors (Lipinski definition) is 5. The van der Waals surface area contributed by atoms with Crippen LogP contribution in [0.4, 0.5) is 0 Å². The Morgan fingerprint density at radius 2 is 1.86 bits per heavy atom. The largest absolute Gasteiger partial charge is 0.394 e. The van der Waals surface area contributed by atoms with Crippen LogP contribution in [-0.2, 0) is 18.3 Å². The lowest BCUT2D eigenvalue weighted by atomic mass is 10.7. The minimum Gasteiger partial charge on any atom is -0.394 e. The molecule has 0 fully saturated rings. The van der Waals surface area contributed by atoms with Crippen LogP contribution in [0.1, 0.15) is 13.8 Å². The first kappa shape index (κ1) is 14.1. The molecule has 0 aliphatic heterocycles. The minimum atomic E-state index is -2.89. The van der Waals surface area contributed by atoms with Crippen LogP contribution in [0.15, 0.2) is 0 Å². The Morgan fingerprint density at radius 3 is 2.36 bits per heavy atom. The van der Waals surface area contributed by atoms with Crippen LogP contribution >= 0.6 is 7.60 Å². The van der Waals surface area contributed by atoms with Crippen LogP contribution in [0.2, 0.25) is 0 Å². The fourth-order valence-corrected chi connectivity index (χ4v) is 2.00. The molecule has 1 unspecified atom stereocenters. The molecular weight excluding hydrogens is 207 g/mol. The van der Waals surface area contributed by atoms with Gasteiger partial charge in [0.05, 0.1) is 33.0 Å². The number of aliphatic hydroxyl groups excluding tert-OH is 1. The molecule has 0 heterocycles. The number of hydrogen-bond donors (Lipinski definition) is 1. The summed E-state index contributed by atoms with van der Waals surface area (Å²) in [5.41, 5.74) is 0. The molecular formula is C8H19O5P. The molecule has 6 heteroatoms. The Kier molecular flexibility index (Phi) is 8.43. The van der Waals surface area contributed by atoms with Crippen LogP contribution in [0.3, 0.4) is 0 Å². The Labute approximate surface area is 84.9 Å². The van der Waals surface area contributed by atoms with Crippen molar-refractivity contribution >= 4 is 7.60 Å². The van der Waals surface area contributed by atoms with E-state index in [1.807, 2.05) is 0 Å². The quantitative estimate of drug-likeness (QED) is 0.473. The lowest BCUT2D eigenvalue weighted by Crippen LogP contribution is -2.08. The predicted molar refractivity (Wildman–Crippen MR) is 53.6 cm³/mol. The third-order valence-electron chi connectivity index (χ3n) is 1.46. The summed E-state index contributed by atoms with van der Waals surface area (Å²) in [5.74, 6) is 0. The highest BCUT2D eigenvalue weighted by atomic mass is 31.2. The van der Waals surface area contributed by atoms with E-state index in [2.05, 4.69) is 0 Å². The maximum Gasteiger partial charge on any atom is 0.330 e. The summed E-state index contributed by atoms with van der Waals surface area (Å²) in [5, 5.41) is 8.41. The van der Waals surface area contributed by atoms with Crippen LogP contribution in [0, 0.1) is 0 Å². The van der Waals surface area contributed by atoms with E-state index in [1.165, 1.54) is 0 Å². The zero-order valence-corrected chi connectivity index (χ0v) is 9.66. The third-order valence-corrected chi connectivity index (χ3v) is 3.47.